The van der Waals surface area contributed by atoms with Gasteiger partial charge in [-0.15, -0.1) is 49.6 Å². The number of benzene rings is 2. The van der Waals surface area contributed by atoms with Crippen LogP contribution in [0, 0.1) is 0 Å². The van der Waals surface area contributed by atoms with Crippen molar-refractivity contribution in [2.75, 3.05) is 49.5 Å². The SMILES string of the molecule is CC1CN(c2ccc3c(c2)Sc2cc(C(F)(F)F)cc(NC4CCN(CCN)CC4)c2C3)CC(C)N1.Cl.Cl.Cl.Cl. The number of likely N-dealkylation sites (tertiary alicyclic amines) is 1. The van der Waals surface area contributed by atoms with E-state index < -0.39 is 11.7 Å². The summed E-state index contributed by atoms with van der Waals surface area (Å²) in [7, 11) is 0. The molecule has 0 aromatic heterocycles. The highest BCUT2D eigenvalue weighted by atomic mass is 35.5. The number of alkyl halides is 3. The number of nitrogens with one attached hydrogen (secondary N) is 2. The Morgan fingerprint density at radius 3 is 2.23 bits per heavy atom. The molecule has 3 aliphatic heterocycles. The van der Waals surface area contributed by atoms with Crippen molar-refractivity contribution in [2.24, 2.45) is 5.73 Å². The largest absolute Gasteiger partial charge is 0.416 e. The van der Waals surface area contributed by atoms with Gasteiger partial charge in [0.25, 0.3) is 0 Å². The lowest BCUT2D eigenvalue weighted by molar-refractivity contribution is -0.137. The van der Waals surface area contributed by atoms with Crippen LogP contribution in [-0.4, -0.2) is 62.3 Å². The summed E-state index contributed by atoms with van der Waals surface area (Å²) in [5.74, 6) is 0. The molecule has 2 saturated heterocycles. The fourth-order valence-electron chi connectivity index (χ4n) is 5.74. The summed E-state index contributed by atoms with van der Waals surface area (Å²) in [5.41, 5.74) is 9.02. The van der Waals surface area contributed by atoms with Crippen LogP contribution in [0.3, 0.4) is 0 Å². The first kappa shape index (κ1) is 37.2. The average molecular weight is 666 g/mol. The van der Waals surface area contributed by atoms with E-state index in [2.05, 4.69) is 52.5 Å². The molecule has 2 atom stereocenters. The van der Waals surface area contributed by atoms with E-state index >= 15 is 0 Å². The van der Waals surface area contributed by atoms with Gasteiger partial charge in [0.05, 0.1) is 5.56 Å². The van der Waals surface area contributed by atoms with Crippen LogP contribution in [0.4, 0.5) is 24.5 Å². The Kier molecular flexibility index (Phi) is 14.5. The van der Waals surface area contributed by atoms with E-state index in [1.165, 1.54) is 29.5 Å². The third-order valence-electron chi connectivity index (χ3n) is 7.49. The number of fused-ring (bicyclic) bond motifs is 2. The van der Waals surface area contributed by atoms with E-state index in [4.69, 9.17) is 5.73 Å². The van der Waals surface area contributed by atoms with Crippen molar-refractivity contribution < 1.29 is 13.2 Å². The third kappa shape index (κ3) is 8.63. The van der Waals surface area contributed by atoms with Crippen molar-refractivity contribution in [1.29, 1.82) is 0 Å². The van der Waals surface area contributed by atoms with Crippen molar-refractivity contribution >= 4 is 72.8 Å². The second kappa shape index (κ2) is 15.6. The Balaban J connectivity index is 0.00000200. The van der Waals surface area contributed by atoms with Crippen LogP contribution in [0.15, 0.2) is 40.1 Å². The molecule has 3 heterocycles. The highest BCUT2D eigenvalue weighted by Gasteiger charge is 2.34. The van der Waals surface area contributed by atoms with Gasteiger partial charge < -0.3 is 26.2 Å². The first-order valence-electron chi connectivity index (χ1n) is 12.9. The van der Waals surface area contributed by atoms with Crippen molar-refractivity contribution in [3.63, 3.8) is 0 Å². The summed E-state index contributed by atoms with van der Waals surface area (Å²) in [6.45, 7) is 9.53. The molecule has 0 spiro atoms. The van der Waals surface area contributed by atoms with Gasteiger partial charge in [-0.1, -0.05) is 17.8 Å². The van der Waals surface area contributed by atoms with Crippen molar-refractivity contribution in [3.05, 3.63) is 47.0 Å². The fourth-order valence-corrected chi connectivity index (χ4v) is 6.92. The van der Waals surface area contributed by atoms with E-state index in [0.717, 1.165) is 61.7 Å². The standard InChI is InChI=1S/C27H36F3N5S.4ClH/c1-17-15-35(16-18(2)32-17)22-4-3-19-11-23-24(33-21-5-8-34(9-6-21)10-7-31)12-20(27(28,29)30)13-26(23)36-25(19)14-22;;;;/h3-4,12-14,17-18,21,32-33H,5-11,15-16,31H2,1-2H3;4*1H. The lowest BCUT2D eigenvalue weighted by Gasteiger charge is -2.38. The summed E-state index contributed by atoms with van der Waals surface area (Å²) in [6, 6.07) is 10.1. The Morgan fingerprint density at radius 1 is 0.975 bits per heavy atom. The molecule has 4 N–H and O–H groups in total. The normalized spacial score (nSPS) is 21.0. The maximum absolute atomic E-state index is 13.9. The van der Waals surface area contributed by atoms with Crippen molar-refractivity contribution in [3.8, 4) is 0 Å². The molecule has 2 unspecified atom stereocenters. The molecule has 0 saturated carbocycles. The number of anilines is 2. The Hall–Kier alpha value is -0.780. The monoisotopic (exact) mass is 663 g/mol. The molecule has 3 aliphatic rings. The molecule has 0 radical (unpaired) electrons. The van der Waals surface area contributed by atoms with Crippen LogP contribution < -0.4 is 21.3 Å². The zero-order valence-electron chi connectivity index (χ0n) is 22.6. The van der Waals surface area contributed by atoms with Gasteiger partial charge in [-0.05, 0) is 62.1 Å². The Bertz CT molecular complexity index is 1090. The minimum Gasteiger partial charge on any atom is -0.382 e. The average Bonchev–Trinajstić information content (AvgIpc) is 2.82. The predicted octanol–water partition coefficient (Wildman–Crippen LogP) is 6.47. The van der Waals surface area contributed by atoms with E-state index in [0.29, 0.717) is 35.6 Å². The second-order valence-electron chi connectivity index (χ2n) is 10.5. The molecule has 0 amide bonds. The Morgan fingerprint density at radius 2 is 1.62 bits per heavy atom. The van der Waals surface area contributed by atoms with Crippen LogP contribution in [0.1, 0.15) is 43.4 Å². The number of halogens is 7. The highest BCUT2D eigenvalue weighted by Crippen LogP contribution is 2.46. The van der Waals surface area contributed by atoms with Crippen LogP contribution in [0.25, 0.3) is 0 Å². The van der Waals surface area contributed by atoms with Crippen molar-refractivity contribution in [2.45, 2.75) is 67.2 Å². The van der Waals surface area contributed by atoms with E-state index in [-0.39, 0.29) is 55.7 Å². The molecule has 2 fully saturated rings. The van der Waals surface area contributed by atoms with E-state index in [1.807, 2.05) is 0 Å². The molecule has 13 heteroatoms. The van der Waals surface area contributed by atoms with Gasteiger partial charge >= 0.3 is 6.18 Å². The van der Waals surface area contributed by atoms with Crippen LogP contribution >= 0.6 is 61.4 Å². The summed E-state index contributed by atoms with van der Waals surface area (Å²) < 4.78 is 41.6. The molecule has 228 valence electrons. The molecule has 5 nitrogen and oxygen atoms in total. The number of piperidine rings is 1. The predicted molar refractivity (Wildman–Crippen MR) is 170 cm³/mol. The van der Waals surface area contributed by atoms with Crippen LogP contribution in [0.2, 0.25) is 0 Å². The number of rotatable bonds is 5. The molecule has 2 aromatic rings. The van der Waals surface area contributed by atoms with Gasteiger partial charge in [-0.25, -0.2) is 0 Å². The quantitative estimate of drug-likeness (QED) is 0.291. The first-order chi connectivity index (χ1) is 17.2. The highest BCUT2D eigenvalue weighted by molar-refractivity contribution is 7.99. The summed E-state index contributed by atoms with van der Waals surface area (Å²) in [6.07, 6.45) is -1.94. The van der Waals surface area contributed by atoms with Gasteiger partial charge in [-0.3, -0.25) is 0 Å². The Labute approximate surface area is 264 Å². The minimum atomic E-state index is -4.38. The molecule has 0 aliphatic carbocycles. The summed E-state index contributed by atoms with van der Waals surface area (Å²) in [5, 5.41) is 7.06. The van der Waals surface area contributed by atoms with Crippen LogP contribution in [-0.2, 0) is 12.6 Å². The molecular formula is C27H40Cl4F3N5S. The van der Waals surface area contributed by atoms with Gasteiger partial charge in [0.15, 0.2) is 0 Å². The number of piperazine rings is 1. The lowest BCUT2D eigenvalue weighted by atomic mass is 9.97. The van der Waals surface area contributed by atoms with Crippen molar-refractivity contribution in [1.82, 2.24) is 10.2 Å². The van der Waals surface area contributed by atoms with Gasteiger partial charge in [0, 0.05) is 85.0 Å². The summed E-state index contributed by atoms with van der Waals surface area (Å²) in [4.78, 5) is 6.46. The topological polar surface area (TPSA) is 56.6 Å². The van der Waals surface area contributed by atoms with E-state index in [1.54, 1.807) is 0 Å². The van der Waals surface area contributed by atoms with Gasteiger partial charge in [0.1, 0.15) is 0 Å². The first-order valence-corrected chi connectivity index (χ1v) is 13.8. The number of nitrogens with two attached hydrogens (primary N) is 1. The third-order valence-corrected chi connectivity index (χ3v) is 8.67. The van der Waals surface area contributed by atoms with Gasteiger partial charge in [-0.2, -0.15) is 13.2 Å². The molecule has 2 aromatic carbocycles. The number of hydrogen-bond acceptors (Lipinski definition) is 6. The molecule has 40 heavy (non-hydrogen) atoms. The van der Waals surface area contributed by atoms with Crippen LogP contribution in [0.5, 0.6) is 0 Å². The maximum Gasteiger partial charge on any atom is 0.416 e. The molecule has 0 bridgehead atoms. The lowest BCUT2D eigenvalue weighted by Crippen LogP contribution is -2.54. The molecular weight excluding hydrogens is 625 g/mol. The number of hydrogen-bond donors (Lipinski definition) is 3. The minimum absolute atomic E-state index is 0. The second-order valence-corrected chi connectivity index (χ2v) is 11.6. The zero-order valence-corrected chi connectivity index (χ0v) is 26.7. The maximum atomic E-state index is 13.9. The van der Waals surface area contributed by atoms with Gasteiger partial charge in [0.2, 0.25) is 0 Å². The smallest absolute Gasteiger partial charge is 0.382 e. The number of nitrogens with zero attached hydrogens (tertiary/aromatic N) is 2. The fraction of sp³-hybridized carbons (Fsp3) is 0.556. The van der Waals surface area contributed by atoms with E-state index in [9.17, 15) is 13.2 Å². The zero-order chi connectivity index (χ0) is 25.4. The molecule has 5 rings (SSSR count). The summed E-state index contributed by atoms with van der Waals surface area (Å²) >= 11 is 1.47.